The molecule has 0 aliphatic heterocycles. The first-order valence-electron chi connectivity index (χ1n) is 6.41. The van der Waals surface area contributed by atoms with Gasteiger partial charge in [-0.3, -0.25) is 0 Å². The van der Waals surface area contributed by atoms with Crippen LogP contribution in [0.4, 0.5) is 0 Å². The Morgan fingerprint density at radius 2 is 1.57 bits per heavy atom. The molecule has 1 heteroatoms. The molecule has 0 saturated carbocycles. The van der Waals surface area contributed by atoms with Crippen LogP contribution in [0.3, 0.4) is 0 Å². The number of nitrogens with two attached hydrogens (primary N) is 1. The lowest BCUT2D eigenvalue weighted by atomic mass is 9.87. The summed E-state index contributed by atoms with van der Waals surface area (Å²) in [4.78, 5) is 0. The van der Waals surface area contributed by atoms with E-state index in [1.807, 2.05) is 0 Å². The van der Waals surface area contributed by atoms with Crippen molar-refractivity contribution in [3.63, 3.8) is 0 Å². The molecule has 14 heavy (non-hydrogen) atoms. The molecule has 0 aliphatic carbocycles. The highest BCUT2D eigenvalue weighted by Crippen LogP contribution is 2.22. The molecule has 0 aromatic carbocycles. The molecule has 86 valence electrons. The van der Waals surface area contributed by atoms with E-state index in [0.29, 0.717) is 6.04 Å². The van der Waals surface area contributed by atoms with E-state index < -0.39 is 0 Å². The average molecular weight is 199 g/mol. The molecule has 0 fully saturated rings. The Morgan fingerprint density at radius 3 is 1.93 bits per heavy atom. The average Bonchev–Trinajstić information content (AvgIpc) is 2.16. The van der Waals surface area contributed by atoms with Crippen LogP contribution in [0.2, 0.25) is 0 Å². The normalized spacial score (nSPS) is 17.8. The van der Waals surface area contributed by atoms with E-state index in [2.05, 4.69) is 27.7 Å². The van der Waals surface area contributed by atoms with Crippen LogP contribution in [-0.2, 0) is 0 Å². The van der Waals surface area contributed by atoms with Gasteiger partial charge in [-0.05, 0) is 25.2 Å². The van der Waals surface area contributed by atoms with Gasteiger partial charge in [-0.2, -0.15) is 0 Å². The molecule has 0 bridgehead atoms. The van der Waals surface area contributed by atoms with Crippen molar-refractivity contribution in [2.75, 3.05) is 0 Å². The molecule has 3 unspecified atom stereocenters. The molecule has 0 saturated heterocycles. The fourth-order valence-corrected chi connectivity index (χ4v) is 2.25. The van der Waals surface area contributed by atoms with Gasteiger partial charge in [0.1, 0.15) is 0 Å². The lowest BCUT2D eigenvalue weighted by Gasteiger charge is -2.21. The number of hydrogen-bond acceptors (Lipinski definition) is 1. The van der Waals surface area contributed by atoms with Gasteiger partial charge >= 0.3 is 0 Å². The lowest BCUT2D eigenvalue weighted by Crippen LogP contribution is -2.26. The second-order valence-corrected chi connectivity index (χ2v) is 4.67. The van der Waals surface area contributed by atoms with E-state index in [-0.39, 0.29) is 0 Å². The maximum absolute atomic E-state index is 5.95. The second-order valence-electron chi connectivity index (χ2n) is 4.67. The molecule has 0 aromatic rings. The molecule has 3 atom stereocenters. The summed E-state index contributed by atoms with van der Waals surface area (Å²) >= 11 is 0. The molecular formula is C13H29N. The van der Waals surface area contributed by atoms with Gasteiger partial charge in [0, 0.05) is 6.04 Å². The first-order valence-corrected chi connectivity index (χ1v) is 6.41. The summed E-state index contributed by atoms with van der Waals surface area (Å²) in [5, 5.41) is 0. The molecule has 0 aromatic heterocycles. The van der Waals surface area contributed by atoms with Gasteiger partial charge in [-0.25, -0.2) is 0 Å². The van der Waals surface area contributed by atoms with Gasteiger partial charge in [-0.1, -0.05) is 52.9 Å². The van der Waals surface area contributed by atoms with Crippen molar-refractivity contribution in [1.82, 2.24) is 0 Å². The fourth-order valence-electron chi connectivity index (χ4n) is 2.25. The second kappa shape index (κ2) is 8.28. The van der Waals surface area contributed by atoms with Crippen molar-refractivity contribution in [3.05, 3.63) is 0 Å². The lowest BCUT2D eigenvalue weighted by molar-refractivity contribution is 0.331. The first kappa shape index (κ1) is 14.0. The summed E-state index contributed by atoms with van der Waals surface area (Å²) in [6.45, 7) is 9.00. The van der Waals surface area contributed by atoms with Crippen LogP contribution in [-0.4, -0.2) is 6.04 Å². The molecule has 1 nitrogen and oxygen atoms in total. The third-order valence-electron chi connectivity index (χ3n) is 3.49. The van der Waals surface area contributed by atoms with Crippen LogP contribution >= 0.6 is 0 Å². The van der Waals surface area contributed by atoms with Crippen LogP contribution in [0, 0.1) is 11.8 Å². The van der Waals surface area contributed by atoms with E-state index in [9.17, 15) is 0 Å². The number of rotatable bonds is 8. The SMILES string of the molecule is CCCC(CC)CCC(CC)C(C)N. The Balaban J connectivity index is 3.75. The topological polar surface area (TPSA) is 26.0 Å². The first-order chi connectivity index (χ1) is 6.65. The molecule has 0 heterocycles. The maximum Gasteiger partial charge on any atom is 0.00386 e. The molecule has 0 rings (SSSR count). The number of hydrogen-bond donors (Lipinski definition) is 1. The van der Waals surface area contributed by atoms with E-state index in [1.54, 1.807) is 0 Å². The van der Waals surface area contributed by atoms with Crippen molar-refractivity contribution in [2.24, 2.45) is 17.6 Å². The van der Waals surface area contributed by atoms with Crippen LogP contribution in [0.15, 0.2) is 0 Å². The standard InChI is InChI=1S/C13H29N/c1-5-8-12(6-2)9-10-13(7-3)11(4)14/h11-13H,5-10,14H2,1-4H3. The minimum atomic E-state index is 0.374. The zero-order valence-electron chi connectivity index (χ0n) is 10.6. The predicted molar refractivity (Wildman–Crippen MR) is 65.4 cm³/mol. The highest BCUT2D eigenvalue weighted by Gasteiger charge is 2.13. The zero-order chi connectivity index (χ0) is 11.0. The van der Waals surface area contributed by atoms with E-state index in [1.165, 1.54) is 38.5 Å². The smallest absolute Gasteiger partial charge is 0.00386 e. The largest absolute Gasteiger partial charge is 0.328 e. The zero-order valence-corrected chi connectivity index (χ0v) is 10.6. The van der Waals surface area contributed by atoms with Crippen molar-refractivity contribution in [2.45, 2.75) is 72.3 Å². The Hall–Kier alpha value is -0.0400. The third-order valence-corrected chi connectivity index (χ3v) is 3.49. The summed E-state index contributed by atoms with van der Waals surface area (Å²) in [7, 11) is 0. The van der Waals surface area contributed by atoms with Gasteiger partial charge in [0.15, 0.2) is 0 Å². The highest BCUT2D eigenvalue weighted by molar-refractivity contribution is 4.69. The molecule has 0 radical (unpaired) electrons. The molecule has 0 spiro atoms. The van der Waals surface area contributed by atoms with Gasteiger partial charge in [0.25, 0.3) is 0 Å². The van der Waals surface area contributed by atoms with Crippen LogP contribution in [0.5, 0.6) is 0 Å². The molecule has 2 N–H and O–H groups in total. The van der Waals surface area contributed by atoms with Crippen molar-refractivity contribution in [1.29, 1.82) is 0 Å². The van der Waals surface area contributed by atoms with Crippen molar-refractivity contribution >= 4 is 0 Å². The van der Waals surface area contributed by atoms with Gasteiger partial charge in [0.05, 0.1) is 0 Å². The van der Waals surface area contributed by atoms with Crippen LogP contribution < -0.4 is 5.73 Å². The molecule has 0 amide bonds. The summed E-state index contributed by atoms with van der Waals surface area (Å²) in [5.74, 6) is 1.67. The Morgan fingerprint density at radius 1 is 0.929 bits per heavy atom. The van der Waals surface area contributed by atoms with E-state index in [4.69, 9.17) is 5.73 Å². The van der Waals surface area contributed by atoms with Gasteiger partial charge < -0.3 is 5.73 Å². The highest BCUT2D eigenvalue weighted by atomic mass is 14.6. The van der Waals surface area contributed by atoms with Crippen molar-refractivity contribution < 1.29 is 0 Å². The summed E-state index contributed by atoms with van der Waals surface area (Å²) in [6, 6.07) is 0.374. The molecule has 0 aliphatic rings. The van der Waals surface area contributed by atoms with E-state index in [0.717, 1.165) is 11.8 Å². The van der Waals surface area contributed by atoms with Crippen LogP contribution in [0.25, 0.3) is 0 Å². The Kier molecular flexibility index (Phi) is 8.26. The Labute approximate surface area is 90.5 Å². The van der Waals surface area contributed by atoms with Crippen LogP contribution in [0.1, 0.15) is 66.2 Å². The summed E-state index contributed by atoms with van der Waals surface area (Å²) < 4.78 is 0. The minimum absolute atomic E-state index is 0.374. The predicted octanol–water partition coefficient (Wildman–Crippen LogP) is 3.97. The monoisotopic (exact) mass is 199 g/mol. The van der Waals surface area contributed by atoms with Gasteiger partial charge in [-0.15, -0.1) is 0 Å². The molecular weight excluding hydrogens is 170 g/mol. The fraction of sp³-hybridized carbons (Fsp3) is 1.00. The maximum atomic E-state index is 5.95. The quantitative estimate of drug-likeness (QED) is 0.629. The summed E-state index contributed by atoms with van der Waals surface area (Å²) in [5.41, 5.74) is 5.95. The minimum Gasteiger partial charge on any atom is -0.328 e. The van der Waals surface area contributed by atoms with Crippen molar-refractivity contribution in [3.8, 4) is 0 Å². The summed E-state index contributed by atoms with van der Waals surface area (Å²) in [6.07, 6.45) is 8.00. The van der Waals surface area contributed by atoms with Gasteiger partial charge in [0.2, 0.25) is 0 Å². The Bertz CT molecular complexity index is 120. The van der Waals surface area contributed by atoms with E-state index >= 15 is 0 Å². The third kappa shape index (κ3) is 5.64.